The quantitative estimate of drug-likeness (QED) is 0.246. The molecule has 9 nitrogen and oxygen atoms in total. The number of hydrogen-bond acceptors (Lipinski definition) is 6. The zero-order valence-corrected chi connectivity index (χ0v) is 19.1. The number of nitrogens with zero attached hydrogens (tertiary/aromatic N) is 3. The molecule has 0 aliphatic carbocycles. The lowest BCUT2D eigenvalue weighted by atomic mass is 10.1. The molecule has 3 rings (SSSR count). The lowest BCUT2D eigenvalue weighted by molar-refractivity contribution is -0.126. The van der Waals surface area contributed by atoms with Crippen molar-refractivity contribution in [2.24, 2.45) is 5.73 Å². The first-order valence-corrected chi connectivity index (χ1v) is 10.7. The number of carbonyl (C=O) groups excluding carboxylic acids is 3. The minimum absolute atomic E-state index is 0. The number of amides is 2. The Bertz CT molecular complexity index is 1120. The molecule has 178 valence electrons. The van der Waals surface area contributed by atoms with Gasteiger partial charge in [0.15, 0.2) is 0 Å². The Hall–Kier alpha value is -3.72. The summed E-state index contributed by atoms with van der Waals surface area (Å²) in [6.07, 6.45) is 4.27. The van der Waals surface area contributed by atoms with Crippen molar-refractivity contribution in [1.29, 1.82) is 0 Å². The Morgan fingerprint density at radius 3 is 2.85 bits per heavy atom. The zero-order chi connectivity index (χ0) is 24.0. The van der Waals surface area contributed by atoms with E-state index in [1.54, 1.807) is 27.1 Å². The number of benzene rings is 1. The molecule has 0 fully saturated rings. The molecule has 0 saturated carbocycles. The summed E-state index contributed by atoms with van der Waals surface area (Å²) in [6, 6.07) is 7.80. The number of fused-ring (bicyclic) bond motifs is 1. The SMILES string of the molecule is C/C(N)=C/C(C(=O)N(C)CCOCCn1nccc1-c1ccc2c(c1)CC(=O)N2)=C(\C)C=O.[HH].[HH]. The summed E-state index contributed by atoms with van der Waals surface area (Å²) < 4.78 is 7.57. The molecule has 2 aromatic rings. The van der Waals surface area contributed by atoms with Crippen molar-refractivity contribution in [1.82, 2.24) is 14.7 Å². The summed E-state index contributed by atoms with van der Waals surface area (Å²) in [5.41, 5.74) is 10.5. The Kier molecular flexibility index (Phi) is 7.78. The minimum atomic E-state index is -0.285. The number of nitrogens with two attached hydrogens (primary N) is 1. The van der Waals surface area contributed by atoms with E-state index in [9.17, 15) is 14.4 Å². The molecule has 9 heteroatoms. The maximum atomic E-state index is 12.6. The number of aldehydes is 1. The lowest BCUT2D eigenvalue weighted by Gasteiger charge is -2.19. The van der Waals surface area contributed by atoms with Gasteiger partial charge in [-0.2, -0.15) is 5.10 Å². The van der Waals surface area contributed by atoms with Gasteiger partial charge in [0.25, 0.3) is 5.91 Å². The summed E-state index contributed by atoms with van der Waals surface area (Å²) in [5, 5.41) is 7.21. The number of anilines is 1. The minimum Gasteiger partial charge on any atom is -0.402 e. The van der Waals surface area contributed by atoms with Crippen LogP contribution in [-0.2, 0) is 32.1 Å². The normalized spacial score (nSPS) is 13.9. The summed E-state index contributed by atoms with van der Waals surface area (Å²) in [5.74, 6) is -0.280. The van der Waals surface area contributed by atoms with Crippen molar-refractivity contribution in [3.05, 3.63) is 58.9 Å². The van der Waals surface area contributed by atoms with Gasteiger partial charge in [0, 0.05) is 50.7 Å². The van der Waals surface area contributed by atoms with Gasteiger partial charge in [-0.3, -0.25) is 19.1 Å². The van der Waals surface area contributed by atoms with E-state index in [0.717, 1.165) is 22.5 Å². The second-order valence-electron chi connectivity index (χ2n) is 7.98. The molecule has 2 heterocycles. The highest BCUT2D eigenvalue weighted by atomic mass is 16.5. The van der Waals surface area contributed by atoms with Gasteiger partial charge >= 0.3 is 0 Å². The van der Waals surface area contributed by atoms with Crippen molar-refractivity contribution in [3.8, 4) is 11.3 Å². The first-order chi connectivity index (χ1) is 15.8. The van der Waals surface area contributed by atoms with E-state index in [2.05, 4.69) is 10.4 Å². The van der Waals surface area contributed by atoms with Gasteiger partial charge in [-0.25, -0.2) is 0 Å². The summed E-state index contributed by atoms with van der Waals surface area (Å²) in [4.78, 5) is 36.9. The Morgan fingerprint density at radius 2 is 2.12 bits per heavy atom. The highest BCUT2D eigenvalue weighted by Gasteiger charge is 2.19. The molecule has 3 N–H and O–H groups in total. The molecule has 0 bridgehead atoms. The first-order valence-electron chi connectivity index (χ1n) is 10.7. The van der Waals surface area contributed by atoms with Crippen LogP contribution in [0.15, 0.2) is 53.4 Å². The third-order valence-corrected chi connectivity index (χ3v) is 5.31. The van der Waals surface area contributed by atoms with Gasteiger partial charge in [0.05, 0.1) is 31.9 Å². The van der Waals surface area contributed by atoms with E-state index >= 15 is 0 Å². The third kappa shape index (κ3) is 5.95. The summed E-state index contributed by atoms with van der Waals surface area (Å²) >= 11 is 0. The zero-order valence-electron chi connectivity index (χ0n) is 19.1. The molecule has 2 amide bonds. The maximum absolute atomic E-state index is 12.6. The van der Waals surface area contributed by atoms with E-state index in [1.807, 2.05) is 28.9 Å². The molecule has 33 heavy (non-hydrogen) atoms. The topological polar surface area (TPSA) is 120 Å². The fraction of sp³-hybridized carbons (Fsp3) is 0.333. The van der Waals surface area contributed by atoms with E-state index in [-0.39, 0.29) is 20.2 Å². The van der Waals surface area contributed by atoms with Crippen LogP contribution < -0.4 is 11.1 Å². The molecular formula is C24H33N5O4. The van der Waals surface area contributed by atoms with Crippen molar-refractivity contribution < 1.29 is 22.0 Å². The standard InChI is InChI=1S/C24H29N5O4.2H2/c1-16(15-30)20(12-17(2)25)24(32)28(3)8-10-33-11-9-29-22(6-7-26-29)18-4-5-21-19(13-18)14-23(31)27-21;;/h4-7,12-13,15H,8-11,14,25H2,1-3H3,(H,27,31);2*1H/b17-12-,20-16-;;. The highest BCUT2D eigenvalue weighted by Crippen LogP contribution is 2.28. The predicted octanol–water partition coefficient (Wildman–Crippen LogP) is 2.39. The number of allylic oxidation sites excluding steroid dienone is 2. The van der Waals surface area contributed by atoms with E-state index < -0.39 is 0 Å². The highest BCUT2D eigenvalue weighted by molar-refractivity contribution is 6.01. The number of hydrogen-bond donors (Lipinski definition) is 2. The number of carbonyl (C=O) groups is 3. The molecule has 0 unspecified atom stereocenters. The van der Waals surface area contributed by atoms with E-state index in [1.165, 1.54) is 11.0 Å². The second-order valence-corrected chi connectivity index (χ2v) is 7.98. The number of nitrogens with one attached hydrogen (secondary N) is 1. The van der Waals surface area contributed by atoms with Gasteiger partial charge in [-0.15, -0.1) is 0 Å². The van der Waals surface area contributed by atoms with Crippen LogP contribution in [0.4, 0.5) is 5.69 Å². The van der Waals surface area contributed by atoms with Crippen LogP contribution >= 0.6 is 0 Å². The number of likely N-dealkylation sites (N-methyl/N-ethyl adjacent to an activating group) is 1. The Labute approximate surface area is 195 Å². The van der Waals surface area contributed by atoms with Gasteiger partial charge in [-0.05, 0) is 43.7 Å². The smallest absolute Gasteiger partial charge is 0.254 e. The van der Waals surface area contributed by atoms with Gasteiger partial charge in [0.1, 0.15) is 6.29 Å². The van der Waals surface area contributed by atoms with Gasteiger partial charge in [0.2, 0.25) is 5.91 Å². The molecule has 1 aliphatic rings. The van der Waals surface area contributed by atoms with Crippen molar-refractivity contribution in [2.75, 3.05) is 32.1 Å². The average Bonchev–Trinajstić information content (AvgIpc) is 3.40. The lowest BCUT2D eigenvalue weighted by Crippen LogP contribution is -2.32. The number of ether oxygens (including phenoxy) is 1. The van der Waals surface area contributed by atoms with Crippen LogP contribution in [0.1, 0.15) is 22.3 Å². The van der Waals surface area contributed by atoms with E-state index in [0.29, 0.717) is 50.3 Å². The molecule has 1 aromatic heterocycles. The molecule has 0 atom stereocenters. The number of rotatable bonds is 10. The Morgan fingerprint density at radius 1 is 1.33 bits per heavy atom. The summed E-state index contributed by atoms with van der Waals surface area (Å²) in [7, 11) is 1.66. The molecule has 1 aromatic carbocycles. The second kappa shape index (κ2) is 10.7. The fourth-order valence-corrected chi connectivity index (χ4v) is 3.54. The molecular weight excluding hydrogens is 422 g/mol. The maximum Gasteiger partial charge on any atom is 0.254 e. The number of aromatic nitrogens is 2. The van der Waals surface area contributed by atoms with Crippen molar-refractivity contribution >= 4 is 23.8 Å². The van der Waals surface area contributed by atoms with Crippen LogP contribution in [0.2, 0.25) is 0 Å². The van der Waals surface area contributed by atoms with Crippen molar-refractivity contribution in [2.45, 2.75) is 26.8 Å². The average molecular weight is 456 g/mol. The molecule has 0 saturated heterocycles. The van der Waals surface area contributed by atoms with Crippen LogP contribution in [0.25, 0.3) is 11.3 Å². The van der Waals surface area contributed by atoms with Crippen molar-refractivity contribution in [3.63, 3.8) is 0 Å². The van der Waals surface area contributed by atoms with Gasteiger partial charge in [-0.1, -0.05) is 6.07 Å². The molecule has 0 radical (unpaired) electrons. The fourth-order valence-electron chi connectivity index (χ4n) is 3.54. The molecule has 0 spiro atoms. The summed E-state index contributed by atoms with van der Waals surface area (Å²) in [6.45, 7) is 4.91. The van der Waals surface area contributed by atoms with Crippen LogP contribution in [-0.4, -0.2) is 59.6 Å². The van der Waals surface area contributed by atoms with Crippen LogP contribution in [0.5, 0.6) is 0 Å². The van der Waals surface area contributed by atoms with Gasteiger partial charge < -0.3 is 20.7 Å². The predicted molar refractivity (Wildman–Crippen MR) is 129 cm³/mol. The van der Waals surface area contributed by atoms with Crippen LogP contribution in [0, 0.1) is 0 Å². The van der Waals surface area contributed by atoms with Crippen LogP contribution in [0.3, 0.4) is 0 Å². The Balaban J connectivity index is 0.00000306. The third-order valence-electron chi connectivity index (χ3n) is 5.31. The molecule has 1 aliphatic heterocycles. The largest absolute Gasteiger partial charge is 0.402 e. The first kappa shape index (κ1) is 23.9. The monoisotopic (exact) mass is 455 g/mol. The van der Waals surface area contributed by atoms with E-state index in [4.69, 9.17) is 10.5 Å².